The molecule has 2 aromatic carbocycles. The first-order chi connectivity index (χ1) is 14.3. The third kappa shape index (κ3) is 3.73. The summed E-state index contributed by atoms with van der Waals surface area (Å²) in [6.07, 6.45) is 3.84. The molecule has 1 N–H and O–H groups in total. The zero-order valence-corrected chi connectivity index (χ0v) is 17.4. The van der Waals surface area contributed by atoms with Gasteiger partial charge < -0.3 is 9.47 Å². The summed E-state index contributed by atoms with van der Waals surface area (Å²) >= 11 is 0. The number of carbonyl (C=O) groups is 1. The molecule has 0 unspecified atom stereocenters. The highest BCUT2D eigenvalue weighted by atomic mass is 32.2. The van der Waals surface area contributed by atoms with Crippen molar-refractivity contribution in [1.29, 1.82) is 0 Å². The van der Waals surface area contributed by atoms with Gasteiger partial charge in [-0.3, -0.25) is 4.79 Å². The standard InChI is InChI=1S/C21H21FN4O3S/c1-14(27)26-10-8-15-13-18(6-7-19(15)26)30(28,29)24-20(21-23-9-11-25(21)2)16-4-3-5-17(22)12-16/h3-7,9,11-13,20,24H,8,10H2,1-2H3/t20-/m0/s1. The molecule has 0 saturated heterocycles. The Morgan fingerprint density at radius 1 is 1.23 bits per heavy atom. The highest BCUT2D eigenvalue weighted by Gasteiger charge is 2.28. The van der Waals surface area contributed by atoms with Crippen molar-refractivity contribution in [1.82, 2.24) is 14.3 Å². The number of halogens is 1. The minimum Gasteiger partial charge on any atom is -0.336 e. The lowest BCUT2D eigenvalue weighted by Gasteiger charge is -2.20. The molecule has 0 fully saturated rings. The number of hydrogen-bond acceptors (Lipinski definition) is 4. The van der Waals surface area contributed by atoms with Gasteiger partial charge in [-0.2, -0.15) is 4.72 Å². The Morgan fingerprint density at radius 2 is 2.03 bits per heavy atom. The zero-order valence-electron chi connectivity index (χ0n) is 16.5. The van der Waals surface area contributed by atoms with Gasteiger partial charge >= 0.3 is 0 Å². The van der Waals surface area contributed by atoms with E-state index in [4.69, 9.17) is 0 Å². The summed E-state index contributed by atoms with van der Waals surface area (Å²) < 4.78 is 44.6. The van der Waals surface area contributed by atoms with Crippen LogP contribution in [-0.4, -0.2) is 30.4 Å². The molecule has 156 valence electrons. The Morgan fingerprint density at radius 3 is 2.70 bits per heavy atom. The molecule has 9 heteroatoms. The molecule has 30 heavy (non-hydrogen) atoms. The second kappa shape index (κ2) is 7.66. The van der Waals surface area contributed by atoms with E-state index >= 15 is 0 Å². The summed E-state index contributed by atoms with van der Waals surface area (Å²) in [6, 6.07) is 9.61. The Labute approximate surface area is 174 Å². The molecule has 0 spiro atoms. The number of amides is 1. The van der Waals surface area contributed by atoms with E-state index in [0.717, 1.165) is 11.3 Å². The van der Waals surface area contributed by atoms with Crippen molar-refractivity contribution >= 4 is 21.6 Å². The molecule has 1 aromatic heterocycles. The van der Waals surface area contributed by atoms with Gasteiger partial charge in [-0.1, -0.05) is 12.1 Å². The van der Waals surface area contributed by atoms with Gasteiger partial charge in [0.05, 0.1) is 4.90 Å². The molecule has 7 nitrogen and oxygen atoms in total. The predicted molar refractivity (Wildman–Crippen MR) is 110 cm³/mol. The number of benzene rings is 2. The number of nitrogens with one attached hydrogen (secondary N) is 1. The van der Waals surface area contributed by atoms with E-state index in [0.29, 0.717) is 24.4 Å². The van der Waals surface area contributed by atoms with Gasteiger partial charge in [0, 0.05) is 38.6 Å². The molecule has 0 aliphatic carbocycles. The topological polar surface area (TPSA) is 84.3 Å². The smallest absolute Gasteiger partial charge is 0.241 e. The Balaban J connectivity index is 1.71. The van der Waals surface area contributed by atoms with Gasteiger partial charge in [-0.05, 0) is 47.9 Å². The summed E-state index contributed by atoms with van der Waals surface area (Å²) in [5.41, 5.74) is 1.97. The lowest BCUT2D eigenvalue weighted by Crippen LogP contribution is -2.31. The summed E-state index contributed by atoms with van der Waals surface area (Å²) in [4.78, 5) is 17.7. The number of fused-ring (bicyclic) bond motifs is 1. The number of carbonyl (C=O) groups excluding carboxylic acids is 1. The molecule has 4 rings (SSSR count). The molecule has 3 aromatic rings. The highest BCUT2D eigenvalue weighted by molar-refractivity contribution is 7.89. The summed E-state index contributed by atoms with van der Waals surface area (Å²) in [5.74, 6) is -0.107. The van der Waals surface area contributed by atoms with Gasteiger partial charge in [0.25, 0.3) is 0 Å². The molecule has 0 radical (unpaired) electrons. The quantitative estimate of drug-likeness (QED) is 0.677. The zero-order chi connectivity index (χ0) is 21.5. The van der Waals surface area contributed by atoms with Gasteiger partial charge in [-0.15, -0.1) is 0 Å². The predicted octanol–water partition coefficient (Wildman–Crippen LogP) is 2.54. The van der Waals surface area contributed by atoms with Crippen molar-refractivity contribution in [2.45, 2.75) is 24.3 Å². The van der Waals surface area contributed by atoms with E-state index in [9.17, 15) is 17.6 Å². The fourth-order valence-corrected chi connectivity index (χ4v) is 4.94. The van der Waals surface area contributed by atoms with Crippen LogP contribution in [0.4, 0.5) is 10.1 Å². The van der Waals surface area contributed by atoms with Crippen molar-refractivity contribution in [3.05, 3.63) is 77.6 Å². The minimum atomic E-state index is -3.95. The number of sulfonamides is 1. The van der Waals surface area contributed by atoms with E-state index < -0.39 is 21.9 Å². The van der Waals surface area contributed by atoms with Crippen molar-refractivity contribution in [3.63, 3.8) is 0 Å². The monoisotopic (exact) mass is 428 g/mol. The normalized spacial score (nSPS) is 14.6. The van der Waals surface area contributed by atoms with Crippen LogP contribution in [0.15, 0.2) is 59.8 Å². The second-order valence-corrected chi connectivity index (χ2v) is 8.93. The first-order valence-corrected chi connectivity index (χ1v) is 10.9. The molecular weight excluding hydrogens is 407 g/mol. The third-order valence-electron chi connectivity index (χ3n) is 5.21. The number of nitrogens with zero attached hydrogens (tertiary/aromatic N) is 3. The van der Waals surface area contributed by atoms with Crippen LogP contribution < -0.4 is 9.62 Å². The molecule has 0 saturated carbocycles. The van der Waals surface area contributed by atoms with Crippen LogP contribution in [0.3, 0.4) is 0 Å². The molecule has 1 amide bonds. The first-order valence-electron chi connectivity index (χ1n) is 9.42. The van der Waals surface area contributed by atoms with Crippen molar-refractivity contribution < 1.29 is 17.6 Å². The Hall–Kier alpha value is -3.04. The fraction of sp³-hybridized carbons (Fsp3) is 0.238. The number of imidazole rings is 1. The van der Waals surface area contributed by atoms with E-state index in [-0.39, 0.29) is 10.8 Å². The van der Waals surface area contributed by atoms with Crippen molar-refractivity contribution in [3.8, 4) is 0 Å². The molecular formula is C21H21FN4O3S. The van der Waals surface area contributed by atoms with Crippen LogP contribution in [0.2, 0.25) is 0 Å². The van der Waals surface area contributed by atoms with Gasteiger partial charge in [0.15, 0.2) is 0 Å². The average Bonchev–Trinajstić information content (AvgIpc) is 3.31. The Bertz CT molecular complexity index is 1220. The summed E-state index contributed by atoms with van der Waals surface area (Å²) in [6.45, 7) is 2.01. The SMILES string of the molecule is CC(=O)N1CCc2cc(S(=O)(=O)N[C@@H](c3cccc(F)c3)c3nccn3C)ccc21. The van der Waals surface area contributed by atoms with Crippen LogP contribution in [-0.2, 0) is 28.3 Å². The van der Waals surface area contributed by atoms with Crippen molar-refractivity contribution in [2.24, 2.45) is 7.05 Å². The molecule has 1 atom stereocenters. The Kier molecular flexibility index (Phi) is 5.17. The number of rotatable bonds is 5. The van der Waals surface area contributed by atoms with E-state index in [2.05, 4.69) is 9.71 Å². The van der Waals surface area contributed by atoms with E-state index in [1.165, 1.54) is 31.2 Å². The molecule has 0 bridgehead atoms. The van der Waals surface area contributed by atoms with Crippen LogP contribution in [0.1, 0.15) is 29.9 Å². The lowest BCUT2D eigenvalue weighted by molar-refractivity contribution is -0.116. The third-order valence-corrected chi connectivity index (χ3v) is 6.63. The summed E-state index contributed by atoms with van der Waals surface area (Å²) in [5, 5.41) is 0. The van der Waals surface area contributed by atoms with Crippen LogP contribution in [0, 0.1) is 5.82 Å². The van der Waals surface area contributed by atoms with E-state index in [1.807, 2.05) is 0 Å². The number of hydrogen-bond donors (Lipinski definition) is 1. The average molecular weight is 428 g/mol. The second-order valence-electron chi connectivity index (χ2n) is 7.22. The largest absolute Gasteiger partial charge is 0.336 e. The van der Waals surface area contributed by atoms with Crippen molar-refractivity contribution in [2.75, 3.05) is 11.4 Å². The molecule has 1 aliphatic heterocycles. The van der Waals surface area contributed by atoms with Gasteiger partial charge in [0.1, 0.15) is 17.7 Å². The van der Waals surface area contributed by atoms with Gasteiger partial charge in [-0.25, -0.2) is 17.8 Å². The fourth-order valence-electron chi connectivity index (χ4n) is 3.71. The van der Waals surface area contributed by atoms with Crippen LogP contribution in [0.5, 0.6) is 0 Å². The molecule has 2 heterocycles. The first kappa shape index (κ1) is 20.2. The number of anilines is 1. The maximum atomic E-state index is 13.8. The maximum absolute atomic E-state index is 13.8. The molecule has 1 aliphatic rings. The summed E-state index contributed by atoms with van der Waals surface area (Å²) in [7, 11) is -2.21. The number of aryl methyl sites for hydroxylation is 1. The lowest BCUT2D eigenvalue weighted by atomic mass is 10.1. The highest BCUT2D eigenvalue weighted by Crippen LogP contribution is 2.31. The van der Waals surface area contributed by atoms with Crippen LogP contribution in [0.25, 0.3) is 0 Å². The van der Waals surface area contributed by atoms with Gasteiger partial charge in [0.2, 0.25) is 15.9 Å². The number of aromatic nitrogens is 2. The maximum Gasteiger partial charge on any atom is 0.241 e. The van der Waals surface area contributed by atoms with Crippen LogP contribution >= 0.6 is 0 Å². The minimum absolute atomic E-state index is 0.0802. The van der Waals surface area contributed by atoms with E-state index in [1.54, 1.807) is 47.1 Å².